The molecule has 0 heterocycles. The third kappa shape index (κ3) is 3.88. The normalized spacial score (nSPS) is 11.2. The van der Waals surface area contributed by atoms with Crippen molar-refractivity contribution in [3.63, 3.8) is 0 Å². The first-order chi connectivity index (χ1) is 7.28. The lowest BCUT2D eigenvalue weighted by molar-refractivity contribution is -0.117. The molecular formula is C12H17FN2O. The highest BCUT2D eigenvalue weighted by Gasteiger charge is 2.16. The molecule has 0 unspecified atom stereocenters. The summed E-state index contributed by atoms with van der Waals surface area (Å²) >= 11 is 0. The Morgan fingerprint density at radius 2 is 2.06 bits per heavy atom. The van der Waals surface area contributed by atoms with Gasteiger partial charge in [0.1, 0.15) is 5.82 Å². The van der Waals surface area contributed by atoms with E-state index >= 15 is 0 Å². The van der Waals surface area contributed by atoms with Gasteiger partial charge in [0.15, 0.2) is 0 Å². The summed E-state index contributed by atoms with van der Waals surface area (Å²) in [4.78, 5) is 11.6. The summed E-state index contributed by atoms with van der Waals surface area (Å²) in [5, 5.41) is 2.63. The van der Waals surface area contributed by atoms with E-state index in [9.17, 15) is 9.18 Å². The Hall–Kier alpha value is -1.58. The number of benzene rings is 1. The van der Waals surface area contributed by atoms with Gasteiger partial charge in [-0.25, -0.2) is 4.39 Å². The van der Waals surface area contributed by atoms with Gasteiger partial charge in [0, 0.05) is 12.1 Å². The number of carbonyl (C=O) groups excluding carboxylic acids is 1. The maximum atomic E-state index is 13.1. The number of anilines is 2. The lowest BCUT2D eigenvalue weighted by Crippen LogP contribution is -2.19. The molecule has 0 saturated carbocycles. The minimum absolute atomic E-state index is 0.0776. The highest BCUT2D eigenvalue weighted by atomic mass is 19.1. The second-order valence-corrected chi connectivity index (χ2v) is 5.02. The quantitative estimate of drug-likeness (QED) is 0.759. The monoisotopic (exact) mass is 224 g/mol. The number of hydrogen-bond acceptors (Lipinski definition) is 2. The number of halogens is 1. The van der Waals surface area contributed by atoms with Gasteiger partial charge in [-0.05, 0) is 23.6 Å². The molecular weight excluding hydrogens is 207 g/mol. The first kappa shape index (κ1) is 12.5. The molecule has 88 valence electrons. The molecule has 0 aliphatic rings. The van der Waals surface area contributed by atoms with E-state index in [-0.39, 0.29) is 17.0 Å². The first-order valence-corrected chi connectivity index (χ1v) is 5.13. The molecule has 3 N–H and O–H groups in total. The van der Waals surface area contributed by atoms with Crippen molar-refractivity contribution in [2.24, 2.45) is 5.41 Å². The van der Waals surface area contributed by atoms with Crippen molar-refractivity contribution in [1.29, 1.82) is 0 Å². The zero-order valence-corrected chi connectivity index (χ0v) is 9.80. The summed E-state index contributed by atoms with van der Waals surface area (Å²) in [6.45, 7) is 5.91. The maximum Gasteiger partial charge on any atom is 0.224 e. The van der Waals surface area contributed by atoms with E-state index in [2.05, 4.69) is 5.32 Å². The number of nitrogens with one attached hydrogen (secondary N) is 1. The van der Waals surface area contributed by atoms with Crippen molar-refractivity contribution < 1.29 is 9.18 Å². The summed E-state index contributed by atoms with van der Waals surface area (Å²) in [7, 11) is 0. The second-order valence-electron chi connectivity index (χ2n) is 5.02. The fourth-order valence-electron chi connectivity index (χ4n) is 1.29. The zero-order chi connectivity index (χ0) is 12.3. The average molecular weight is 224 g/mol. The van der Waals surface area contributed by atoms with E-state index in [1.165, 1.54) is 12.1 Å². The van der Waals surface area contributed by atoms with E-state index in [4.69, 9.17) is 5.73 Å². The lowest BCUT2D eigenvalue weighted by atomic mass is 9.92. The van der Waals surface area contributed by atoms with Gasteiger partial charge in [-0.15, -0.1) is 0 Å². The average Bonchev–Trinajstić information content (AvgIpc) is 2.08. The van der Waals surface area contributed by atoms with Gasteiger partial charge in [0.25, 0.3) is 0 Å². The van der Waals surface area contributed by atoms with E-state index < -0.39 is 5.82 Å². The minimum Gasteiger partial charge on any atom is -0.396 e. The molecule has 16 heavy (non-hydrogen) atoms. The van der Waals surface area contributed by atoms with Gasteiger partial charge < -0.3 is 11.1 Å². The molecule has 0 atom stereocenters. The number of nitrogens with two attached hydrogens (primary N) is 1. The van der Waals surface area contributed by atoms with Crippen LogP contribution in [0.25, 0.3) is 0 Å². The molecule has 0 saturated heterocycles. The van der Waals surface area contributed by atoms with Gasteiger partial charge in [-0.2, -0.15) is 0 Å². The van der Waals surface area contributed by atoms with Crippen LogP contribution >= 0.6 is 0 Å². The summed E-state index contributed by atoms with van der Waals surface area (Å²) in [6, 6.07) is 4.23. The Morgan fingerprint density at radius 3 is 2.56 bits per heavy atom. The molecule has 0 aliphatic carbocycles. The Bertz CT molecular complexity index is 396. The highest BCUT2D eigenvalue weighted by Crippen LogP contribution is 2.20. The van der Waals surface area contributed by atoms with Crippen LogP contribution in [-0.4, -0.2) is 5.91 Å². The van der Waals surface area contributed by atoms with E-state index in [0.29, 0.717) is 12.1 Å². The van der Waals surface area contributed by atoms with Crippen molar-refractivity contribution >= 4 is 17.3 Å². The molecule has 0 fully saturated rings. The van der Waals surface area contributed by atoms with Gasteiger partial charge in [-0.1, -0.05) is 20.8 Å². The summed E-state index contributed by atoms with van der Waals surface area (Å²) in [5.74, 6) is -0.648. The standard InChI is InChI=1S/C12H17FN2O/c1-12(2,3)7-11(16)15-8-4-5-10(14)9(13)6-8/h4-6H,7,14H2,1-3H3,(H,15,16). The molecule has 1 rings (SSSR count). The van der Waals surface area contributed by atoms with Crippen molar-refractivity contribution in [3.05, 3.63) is 24.0 Å². The van der Waals surface area contributed by atoms with Crippen molar-refractivity contribution in [2.45, 2.75) is 27.2 Å². The van der Waals surface area contributed by atoms with Crippen molar-refractivity contribution in [2.75, 3.05) is 11.1 Å². The number of carbonyl (C=O) groups is 1. The molecule has 1 aromatic carbocycles. The Labute approximate surface area is 94.8 Å². The van der Waals surface area contributed by atoms with E-state index in [1.807, 2.05) is 20.8 Å². The van der Waals surface area contributed by atoms with Crippen LogP contribution in [0.5, 0.6) is 0 Å². The van der Waals surface area contributed by atoms with E-state index in [0.717, 1.165) is 0 Å². The molecule has 0 spiro atoms. The van der Waals surface area contributed by atoms with Gasteiger partial charge >= 0.3 is 0 Å². The summed E-state index contributed by atoms with van der Waals surface area (Å²) in [6.07, 6.45) is 0.388. The number of rotatable bonds is 2. The lowest BCUT2D eigenvalue weighted by Gasteiger charge is -2.17. The Kier molecular flexibility index (Phi) is 3.52. The number of hydrogen-bond donors (Lipinski definition) is 2. The highest BCUT2D eigenvalue weighted by molar-refractivity contribution is 5.91. The molecule has 0 aliphatic heterocycles. The van der Waals surface area contributed by atoms with Crippen LogP contribution in [0, 0.1) is 11.2 Å². The molecule has 4 heteroatoms. The third-order valence-electron chi connectivity index (χ3n) is 1.98. The fourth-order valence-corrected chi connectivity index (χ4v) is 1.29. The van der Waals surface area contributed by atoms with Gasteiger partial charge in [0.2, 0.25) is 5.91 Å². The predicted octanol–water partition coefficient (Wildman–Crippen LogP) is 2.78. The smallest absolute Gasteiger partial charge is 0.224 e. The van der Waals surface area contributed by atoms with E-state index in [1.54, 1.807) is 6.07 Å². The minimum atomic E-state index is -0.520. The Morgan fingerprint density at radius 1 is 1.44 bits per heavy atom. The van der Waals surface area contributed by atoms with Crippen LogP contribution in [0.3, 0.4) is 0 Å². The van der Waals surface area contributed by atoms with Crippen molar-refractivity contribution in [1.82, 2.24) is 0 Å². The van der Waals surface area contributed by atoms with Crippen LogP contribution in [0.15, 0.2) is 18.2 Å². The molecule has 1 amide bonds. The predicted molar refractivity (Wildman–Crippen MR) is 63.5 cm³/mol. The number of nitrogen functional groups attached to an aromatic ring is 1. The summed E-state index contributed by atoms with van der Waals surface area (Å²) in [5.41, 5.74) is 5.76. The first-order valence-electron chi connectivity index (χ1n) is 5.13. The summed E-state index contributed by atoms with van der Waals surface area (Å²) < 4.78 is 13.1. The fraction of sp³-hybridized carbons (Fsp3) is 0.417. The maximum absolute atomic E-state index is 13.1. The van der Waals surface area contributed by atoms with Crippen molar-refractivity contribution in [3.8, 4) is 0 Å². The van der Waals surface area contributed by atoms with Crippen LogP contribution in [0.4, 0.5) is 15.8 Å². The number of amides is 1. The molecule has 0 aromatic heterocycles. The largest absolute Gasteiger partial charge is 0.396 e. The molecule has 3 nitrogen and oxygen atoms in total. The SMILES string of the molecule is CC(C)(C)CC(=O)Nc1ccc(N)c(F)c1. The third-order valence-corrected chi connectivity index (χ3v) is 1.98. The second kappa shape index (κ2) is 4.51. The van der Waals surface area contributed by atoms with Gasteiger partial charge in [0.05, 0.1) is 5.69 Å². The topological polar surface area (TPSA) is 55.1 Å². The van der Waals surface area contributed by atoms with Gasteiger partial charge in [-0.3, -0.25) is 4.79 Å². The van der Waals surface area contributed by atoms with Crippen LogP contribution < -0.4 is 11.1 Å². The van der Waals surface area contributed by atoms with Crippen LogP contribution in [0.1, 0.15) is 27.2 Å². The zero-order valence-electron chi connectivity index (χ0n) is 9.80. The molecule has 0 bridgehead atoms. The molecule has 0 radical (unpaired) electrons. The molecule has 1 aromatic rings. The van der Waals surface area contributed by atoms with Crippen LogP contribution in [-0.2, 0) is 4.79 Å². The van der Waals surface area contributed by atoms with Crippen LogP contribution in [0.2, 0.25) is 0 Å². The Balaban J connectivity index is 2.67.